The molecule has 0 aromatic carbocycles. The van der Waals surface area contributed by atoms with E-state index in [9.17, 15) is 14.4 Å². The molecule has 0 aliphatic heterocycles. The monoisotopic (exact) mass is 259 g/mol. The SMILES string of the molecule is CN(CC(=O)NC1CC1)C(=O)NC(CO)C(=O)O. The van der Waals surface area contributed by atoms with Crippen molar-refractivity contribution in [2.24, 2.45) is 0 Å². The zero-order valence-electron chi connectivity index (χ0n) is 10.0. The number of aliphatic hydroxyl groups is 1. The topological polar surface area (TPSA) is 119 Å². The molecule has 0 aromatic rings. The van der Waals surface area contributed by atoms with E-state index >= 15 is 0 Å². The van der Waals surface area contributed by atoms with E-state index in [4.69, 9.17) is 10.2 Å². The third kappa shape index (κ3) is 4.58. The molecule has 1 fully saturated rings. The summed E-state index contributed by atoms with van der Waals surface area (Å²) in [6.45, 7) is -0.858. The third-order valence-corrected chi connectivity index (χ3v) is 2.45. The van der Waals surface area contributed by atoms with E-state index in [0.717, 1.165) is 17.7 Å². The van der Waals surface area contributed by atoms with E-state index < -0.39 is 24.6 Å². The molecule has 0 saturated heterocycles. The van der Waals surface area contributed by atoms with Crippen LogP contribution in [0.3, 0.4) is 0 Å². The van der Waals surface area contributed by atoms with Crippen LogP contribution >= 0.6 is 0 Å². The maximum atomic E-state index is 11.5. The van der Waals surface area contributed by atoms with Crippen molar-refractivity contribution in [2.45, 2.75) is 24.9 Å². The van der Waals surface area contributed by atoms with Gasteiger partial charge in [0.25, 0.3) is 0 Å². The molecule has 0 bridgehead atoms. The Morgan fingerprint density at radius 2 is 2.00 bits per heavy atom. The van der Waals surface area contributed by atoms with Crippen molar-refractivity contribution in [3.8, 4) is 0 Å². The summed E-state index contributed by atoms with van der Waals surface area (Å²) >= 11 is 0. The lowest BCUT2D eigenvalue weighted by molar-refractivity contribution is -0.140. The van der Waals surface area contributed by atoms with E-state index in [1.54, 1.807) is 0 Å². The summed E-state index contributed by atoms with van der Waals surface area (Å²) in [4.78, 5) is 34.6. The van der Waals surface area contributed by atoms with E-state index in [1.165, 1.54) is 7.05 Å². The minimum absolute atomic E-state index is 0.153. The van der Waals surface area contributed by atoms with Gasteiger partial charge < -0.3 is 25.7 Å². The summed E-state index contributed by atoms with van der Waals surface area (Å²) < 4.78 is 0. The summed E-state index contributed by atoms with van der Waals surface area (Å²) in [6, 6.07) is -1.88. The largest absolute Gasteiger partial charge is 0.480 e. The van der Waals surface area contributed by atoms with Crippen molar-refractivity contribution in [3.05, 3.63) is 0 Å². The van der Waals surface area contributed by atoms with E-state index in [2.05, 4.69) is 10.6 Å². The predicted molar refractivity (Wildman–Crippen MR) is 60.8 cm³/mol. The maximum absolute atomic E-state index is 11.5. The number of urea groups is 1. The Hall–Kier alpha value is -1.83. The smallest absolute Gasteiger partial charge is 0.328 e. The van der Waals surface area contributed by atoms with Gasteiger partial charge in [-0.3, -0.25) is 4.79 Å². The number of carboxylic acid groups (broad SMARTS) is 1. The highest BCUT2D eigenvalue weighted by molar-refractivity contribution is 5.86. The fraction of sp³-hybridized carbons (Fsp3) is 0.700. The molecular weight excluding hydrogens is 242 g/mol. The highest BCUT2D eigenvalue weighted by Crippen LogP contribution is 2.18. The minimum atomic E-state index is -1.37. The standard InChI is InChI=1S/C10H17N3O5/c1-13(4-8(15)11-6-2-3-6)10(18)12-7(5-14)9(16)17/h6-7,14H,2-5H2,1H3,(H,11,15)(H,12,18)(H,16,17). The summed E-state index contributed by atoms with van der Waals surface area (Å²) in [5.74, 6) is -1.62. The number of aliphatic carboxylic acids is 1. The highest BCUT2D eigenvalue weighted by atomic mass is 16.4. The lowest BCUT2D eigenvalue weighted by Crippen LogP contribution is -2.50. The second-order valence-electron chi connectivity index (χ2n) is 4.22. The molecule has 1 rings (SSSR count). The quantitative estimate of drug-likeness (QED) is 0.456. The van der Waals surface area contributed by atoms with Crippen LogP contribution in [0.2, 0.25) is 0 Å². The molecule has 1 aliphatic carbocycles. The van der Waals surface area contributed by atoms with Crippen LogP contribution in [-0.4, -0.2) is 65.3 Å². The van der Waals surface area contributed by atoms with Crippen LogP contribution in [0.15, 0.2) is 0 Å². The van der Waals surface area contributed by atoms with Gasteiger partial charge in [0.2, 0.25) is 5.91 Å². The first-order chi connectivity index (χ1) is 8.43. The molecule has 1 aliphatic rings. The predicted octanol–water partition coefficient (Wildman–Crippen LogP) is -1.65. The van der Waals surface area contributed by atoms with Crippen molar-refractivity contribution < 1.29 is 24.6 Å². The number of likely N-dealkylation sites (N-methyl/N-ethyl adjacent to an activating group) is 1. The molecule has 8 heteroatoms. The average molecular weight is 259 g/mol. The zero-order valence-corrected chi connectivity index (χ0v) is 10.0. The number of hydrogen-bond donors (Lipinski definition) is 4. The van der Waals surface area contributed by atoms with Gasteiger partial charge in [0.05, 0.1) is 6.61 Å². The molecule has 4 N–H and O–H groups in total. The normalized spacial score (nSPS) is 15.7. The number of nitrogens with one attached hydrogen (secondary N) is 2. The summed E-state index contributed by atoms with van der Waals surface area (Å²) in [5.41, 5.74) is 0. The fourth-order valence-corrected chi connectivity index (χ4v) is 1.23. The maximum Gasteiger partial charge on any atom is 0.328 e. The van der Waals surface area contributed by atoms with Crippen LogP contribution in [0.25, 0.3) is 0 Å². The Morgan fingerprint density at radius 3 is 2.44 bits per heavy atom. The first kappa shape index (κ1) is 14.2. The minimum Gasteiger partial charge on any atom is -0.480 e. The van der Waals surface area contributed by atoms with Crippen LogP contribution < -0.4 is 10.6 Å². The second kappa shape index (κ2) is 6.20. The lowest BCUT2D eigenvalue weighted by Gasteiger charge is -2.20. The molecule has 1 atom stereocenters. The van der Waals surface area contributed by atoms with Gasteiger partial charge in [-0.2, -0.15) is 0 Å². The molecule has 0 aromatic heterocycles. The number of carbonyl (C=O) groups is 3. The Labute approximate surface area is 104 Å². The number of carboxylic acids is 1. The van der Waals surface area contributed by atoms with Crippen molar-refractivity contribution >= 4 is 17.9 Å². The second-order valence-corrected chi connectivity index (χ2v) is 4.22. The molecule has 8 nitrogen and oxygen atoms in total. The highest BCUT2D eigenvalue weighted by Gasteiger charge is 2.25. The molecule has 0 spiro atoms. The van der Waals surface area contributed by atoms with Gasteiger partial charge in [-0.05, 0) is 12.8 Å². The molecular formula is C10H17N3O5. The molecule has 1 unspecified atom stereocenters. The molecule has 0 heterocycles. The first-order valence-electron chi connectivity index (χ1n) is 5.58. The van der Waals surface area contributed by atoms with Gasteiger partial charge in [-0.15, -0.1) is 0 Å². The van der Waals surface area contributed by atoms with Crippen LogP contribution in [-0.2, 0) is 9.59 Å². The van der Waals surface area contributed by atoms with E-state index in [0.29, 0.717) is 0 Å². The summed E-state index contributed by atoms with van der Waals surface area (Å²) in [7, 11) is 1.37. The van der Waals surface area contributed by atoms with Gasteiger partial charge in [-0.25, -0.2) is 9.59 Å². The van der Waals surface area contributed by atoms with Crippen molar-refractivity contribution in [1.82, 2.24) is 15.5 Å². The Balaban J connectivity index is 2.34. The Bertz CT molecular complexity index is 342. The Morgan fingerprint density at radius 1 is 1.39 bits per heavy atom. The summed E-state index contributed by atoms with van der Waals surface area (Å²) in [6.07, 6.45) is 1.90. The van der Waals surface area contributed by atoms with Gasteiger partial charge in [-0.1, -0.05) is 0 Å². The molecule has 18 heavy (non-hydrogen) atoms. The number of rotatable bonds is 6. The van der Waals surface area contributed by atoms with Crippen LogP contribution in [0.1, 0.15) is 12.8 Å². The number of nitrogens with zero attached hydrogens (tertiary/aromatic N) is 1. The van der Waals surface area contributed by atoms with Crippen LogP contribution in [0.4, 0.5) is 4.79 Å². The number of hydrogen-bond acceptors (Lipinski definition) is 4. The van der Waals surface area contributed by atoms with E-state index in [1.807, 2.05) is 0 Å². The summed E-state index contributed by atoms with van der Waals surface area (Å²) in [5, 5.41) is 22.2. The van der Waals surface area contributed by atoms with Crippen molar-refractivity contribution in [1.29, 1.82) is 0 Å². The van der Waals surface area contributed by atoms with Gasteiger partial charge in [0.1, 0.15) is 6.54 Å². The number of aliphatic hydroxyl groups excluding tert-OH is 1. The fourth-order valence-electron chi connectivity index (χ4n) is 1.23. The third-order valence-electron chi connectivity index (χ3n) is 2.45. The van der Waals surface area contributed by atoms with Crippen LogP contribution in [0.5, 0.6) is 0 Å². The van der Waals surface area contributed by atoms with Gasteiger partial charge in [0, 0.05) is 13.1 Å². The van der Waals surface area contributed by atoms with Crippen molar-refractivity contribution in [3.63, 3.8) is 0 Å². The number of carbonyl (C=O) groups excluding carboxylic acids is 2. The van der Waals surface area contributed by atoms with Crippen LogP contribution in [0, 0.1) is 0 Å². The van der Waals surface area contributed by atoms with E-state index in [-0.39, 0.29) is 18.5 Å². The average Bonchev–Trinajstić information content (AvgIpc) is 3.08. The van der Waals surface area contributed by atoms with Gasteiger partial charge in [0.15, 0.2) is 6.04 Å². The lowest BCUT2D eigenvalue weighted by atomic mass is 10.3. The molecule has 1 saturated carbocycles. The molecule has 0 radical (unpaired) electrons. The number of amides is 3. The first-order valence-corrected chi connectivity index (χ1v) is 5.58. The molecule has 102 valence electrons. The zero-order chi connectivity index (χ0) is 13.7. The van der Waals surface area contributed by atoms with Crippen molar-refractivity contribution in [2.75, 3.05) is 20.2 Å². The molecule has 3 amide bonds. The Kier molecular flexibility index (Phi) is 4.90. The van der Waals surface area contributed by atoms with Gasteiger partial charge >= 0.3 is 12.0 Å².